The lowest BCUT2D eigenvalue weighted by molar-refractivity contribution is -0.142. The molecule has 0 aromatic heterocycles. The van der Waals surface area contributed by atoms with Crippen LogP contribution in [0.1, 0.15) is 59.9 Å². The second-order valence-corrected chi connectivity index (χ2v) is 8.00. The number of ether oxygens (including phenoxy) is 2. The van der Waals surface area contributed by atoms with Crippen molar-refractivity contribution in [1.82, 2.24) is 0 Å². The van der Waals surface area contributed by atoms with E-state index in [9.17, 15) is 4.79 Å². The summed E-state index contributed by atoms with van der Waals surface area (Å²) in [6, 6.07) is 5.74. The van der Waals surface area contributed by atoms with Crippen LogP contribution in [0.5, 0.6) is 5.75 Å². The van der Waals surface area contributed by atoms with E-state index in [1.807, 2.05) is 39.0 Å². The van der Waals surface area contributed by atoms with Gasteiger partial charge in [-0.15, -0.1) is 0 Å². The summed E-state index contributed by atoms with van der Waals surface area (Å²) in [4.78, 5) is 13.0. The van der Waals surface area contributed by atoms with E-state index < -0.39 is 5.60 Å². The van der Waals surface area contributed by atoms with Crippen LogP contribution in [0.2, 0.25) is 0 Å². The fourth-order valence-electron chi connectivity index (χ4n) is 3.21. The number of benzene rings is 1. The number of hydrogen-bond donors (Lipinski definition) is 1. The van der Waals surface area contributed by atoms with E-state index in [2.05, 4.69) is 33.0 Å². The molecule has 1 rings (SSSR count). The molecule has 0 saturated carbocycles. The molecule has 0 spiro atoms. The Morgan fingerprint density at radius 2 is 1.64 bits per heavy atom. The van der Waals surface area contributed by atoms with E-state index >= 15 is 0 Å². The van der Waals surface area contributed by atoms with Crippen molar-refractivity contribution < 1.29 is 14.3 Å². The average molecular weight is 350 g/mol. The lowest BCUT2D eigenvalue weighted by Crippen LogP contribution is -2.46. The molecule has 4 heteroatoms. The van der Waals surface area contributed by atoms with Crippen LogP contribution in [-0.2, 0) is 9.53 Å². The first-order valence-corrected chi connectivity index (χ1v) is 9.23. The van der Waals surface area contributed by atoms with Crippen LogP contribution in [0.4, 0.5) is 5.69 Å². The van der Waals surface area contributed by atoms with Crippen LogP contribution >= 0.6 is 0 Å². The fraction of sp³-hybridized carbons (Fsp3) is 0.667. The molecule has 0 saturated heterocycles. The van der Waals surface area contributed by atoms with Gasteiger partial charge in [0.15, 0.2) is 0 Å². The van der Waals surface area contributed by atoms with Crippen LogP contribution in [0.25, 0.3) is 0 Å². The second kappa shape index (κ2) is 9.23. The molecule has 142 valence electrons. The largest absolute Gasteiger partial charge is 0.491 e. The van der Waals surface area contributed by atoms with Crippen molar-refractivity contribution in [3.63, 3.8) is 0 Å². The maximum atomic E-state index is 13.0. The van der Waals surface area contributed by atoms with Crippen LogP contribution < -0.4 is 10.1 Å². The normalized spacial score (nSPS) is 12.1. The molecule has 1 aromatic carbocycles. The van der Waals surface area contributed by atoms with Crippen molar-refractivity contribution in [3.05, 3.63) is 23.8 Å². The third-order valence-corrected chi connectivity index (χ3v) is 4.08. The summed E-state index contributed by atoms with van der Waals surface area (Å²) in [5.74, 6) is 1.51. The summed E-state index contributed by atoms with van der Waals surface area (Å²) >= 11 is 0. The van der Waals surface area contributed by atoms with Crippen LogP contribution in [0.15, 0.2) is 18.2 Å². The highest BCUT2D eigenvalue weighted by Gasteiger charge is 2.39. The fourth-order valence-corrected chi connectivity index (χ4v) is 3.21. The Morgan fingerprint density at radius 3 is 2.04 bits per heavy atom. The van der Waals surface area contributed by atoms with Crippen molar-refractivity contribution in [3.8, 4) is 5.75 Å². The monoisotopic (exact) mass is 349 g/mol. The molecule has 0 aliphatic carbocycles. The van der Waals surface area contributed by atoms with Gasteiger partial charge < -0.3 is 14.8 Å². The van der Waals surface area contributed by atoms with Gasteiger partial charge in [0, 0.05) is 12.8 Å². The summed E-state index contributed by atoms with van der Waals surface area (Å²) in [5.41, 5.74) is 0.971. The van der Waals surface area contributed by atoms with E-state index in [4.69, 9.17) is 9.47 Å². The van der Waals surface area contributed by atoms with Gasteiger partial charge in [-0.3, -0.25) is 4.79 Å². The van der Waals surface area contributed by atoms with E-state index in [1.54, 1.807) is 7.11 Å². The number of carbonyl (C=O) groups excluding carboxylic acids is 1. The molecule has 0 unspecified atom stereocenters. The molecule has 0 radical (unpaired) electrons. The minimum atomic E-state index is -0.802. The van der Waals surface area contributed by atoms with E-state index in [0.29, 0.717) is 24.7 Å². The number of rotatable bonds is 9. The number of amides is 1. The van der Waals surface area contributed by atoms with Crippen molar-refractivity contribution in [1.29, 1.82) is 0 Å². The Balaban J connectivity index is 3.01. The minimum absolute atomic E-state index is 0.0747. The maximum absolute atomic E-state index is 13.0. The van der Waals surface area contributed by atoms with Gasteiger partial charge in [0.05, 0.1) is 6.10 Å². The van der Waals surface area contributed by atoms with Gasteiger partial charge in [-0.05, 0) is 69.2 Å². The van der Waals surface area contributed by atoms with Crippen LogP contribution in [-0.4, -0.2) is 24.7 Å². The second-order valence-electron chi connectivity index (χ2n) is 8.00. The molecular weight excluding hydrogens is 314 g/mol. The number of aryl methyl sites for hydroxylation is 1. The summed E-state index contributed by atoms with van der Waals surface area (Å²) in [6.45, 7) is 14.4. The molecule has 0 bridgehead atoms. The third-order valence-electron chi connectivity index (χ3n) is 4.08. The molecular formula is C21H35NO3. The zero-order chi connectivity index (χ0) is 19.2. The molecule has 0 aliphatic heterocycles. The van der Waals surface area contributed by atoms with Gasteiger partial charge in [0.25, 0.3) is 5.91 Å². The smallest absolute Gasteiger partial charge is 0.256 e. The first-order chi connectivity index (χ1) is 11.6. The molecule has 1 amide bonds. The van der Waals surface area contributed by atoms with E-state index in [1.165, 1.54) is 0 Å². The van der Waals surface area contributed by atoms with Gasteiger partial charge in [-0.2, -0.15) is 0 Å². The number of anilines is 1. The Morgan fingerprint density at radius 1 is 1.08 bits per heavy atom. The predicted molar refractivity (Wildman–Crippen MR) is 104 cm³/mol. The number of hydrogen-bond acceptors (Lipinski definition) is 3. The molecule has 0 aliphatic rings. The highest BCUT2D eigenvalue weighted by molar-refractivity contribution is 5.97. The van der Waals surface area contributed by atoms with Crippen molar-refractivity contribution in [2.45, 2.75) is 73.0 Å². The lowest BCUT2D eigenvalue weighted by Gasteiger charge is -2.34. The number of nitrogens with one attached hydrogen (secondary N) is 1. The summed E-state index contributed by atoms with van der Waals surface area (Å²) in [5, 5.41) is 3.05. The third kappa shape index (κ3) is 6.35. The standard InChI is InChI=1S/C21H35NO3/c1-14(2)12-21(24-8,13-15(3)4)20(23)22-18-9-10-19(17(7)11-18)25-16(5)6/h9-11,14-16H,12-13H2,1-8H3,(H,22,23). The molecule has 0 fully saturated rings. The lowest BCUT2D eigenvalue weighted by atomic mass is 9.84. The van der Waals surface area contributed by atoms with Gasteiger partial charge in [0.1, 0.15) is 11.4 Å². The van der Waals surface area contributed by atoms with Crippen molar-refractivity contribution >= 4 is 11.6 Å². The highest BCUT2D eigenvalue weighted by atomic mass is 16.5. The van der Waals surface area contributed by atoms with E-state index in [-0.39, 0.29) is 12.0 Å². The minimum Gasteiger partial charge on any atom is -0.491 e. The molecule has 4 nitrogen and oxygen atoms in total. The van der Waals surface area contributed by atoms with E-state index in [0.717, 1.165) is 17.0 Å². The molecule has 0 atom stereocenters. The quantitative estimate of drug-likeness (QED) is 0.666. The van der Waals surface area contributed by atoms with Gasteiger partial charge in [-0.25, -0.2) is 0 Å². The average Bonchev–Trinajstić information content (AvgIpc) is 2.47. The molecule has 1 N–H and O–H groups in total. The predicted octanol–water partition coefficient (Wildman–Crippen LogP) is 5.20. The summed E-state index contributed by atoms with van der Waals surface area (Å²) in [6.07, 6.45) is 1.51. The summed E-state index contributed by atoms with van der Waals surface area (Å²) < 4.78 is 11.5. The van der Waals surface area contributed by atoms with Gasteiger partial charge >= 0.3 is 0 Å². The Hall–Kier alpha value is -1.55. The first-order valence-electron chi connectivity index (χ1n) is 9.23. The molecule has 25 heavy (non-hydrogen) atoms. The SMILES string of the molecule is COC(CC(C)C)(CC(C)C)C(=O)Nc1ccc(OC(C)C)c(C)c1. The Labute approximate surface area is 153 Å². The number of carbonyl (C=O) groups is 1. The summed E-state index contributed by atoms with van der Waals surface area (Å²) in [7, 11) is 1.63. The topological polar surface area (TPSA) is 47.6 Å². The van der Waals surface area contributed by atoms with Crippen molar-refractivity contribution in [2.24, 2.45) is 11.8 Å². The van der Waals surface area contributed by atoms with Gasteiger partial charge in [0.2, 0.25) is 0 Å². The Bertz CT molecular complexity index is 554. The first kappa shape index (κ1) is 21.5. The molecule has 1 aromatic rings. The van der Waals surface area contributed by atoms with Crippen LogP contribution in [0, 0.1) is 18.8 Å². The number of methoxy groups -OCH3 is 1. The molecule has 0 heterocycles. The van der Waals surface area contributed by atoms with Crippen LogP contribution in [0.3, 0.4) is 0 Å². The highest BCUT2D eigenvalue weighted by Crippen LogP contribution is 2.31. The van der Waals surface area contributed by atoms with Gasteiger partial charge in [-0.1, -0.05) is 27.7 Å². The Kier molecular flexibility index (Phi) is 7.94. The zero-order valence-electron chi connectivity index (χ0n) is 17.1. The zero-order valence-corrected chi connectivity index (χ0v) is 17.1. The maximum Gasteiger partial charge on any atom is 0.256 e. The van der Waals surface area contributed by atoms with Crippen molar-refractivity contribution in [2.75, 3.05) is 12.4 Å².